The summed E-state index contributed by atoms with van der Waals surface area (Å²) in [6.07, 6.45) is 0.165. The van der Waals surface area contributed by atoms with Crippen LogP contribution in [0.3, 0.4) is 0 Å². The van der Waals surface area contributed by atoms with Crippen LogP contribution >= 0.6 is 0 Å². The Morgan fingerprint density at radius 2 is 2.19 bits per heavy atom. The van der Waals surface area contributed by atoms with Crippen LogP contribution in [0.25, 0.3) is 0 Å². The SMILES string of the molecule is CN1CC(c2ccccc2O)OCCC1=O. The van der Waals surface area contributed by atoms with Gasteiger partial charge in [-0.2, -0.15) is 0 Å². The number of ether oxygens (including phenoxy) is 1. The lowest BCUT2D eigenvalue weighted by Gasteiger charge is -2.20. The Balaban J connectivity index is 2.21. The molecule has 0 saturated carbocycles. The largest absolute Gasteiger partial charge is 0.508 e. The molecule has 1 aromatic rings. The van der Waals surface area contributed by atoms with E-state index >= 15 is 0 Å². The van der Waals surface area contributed by atoms with Crippen LogP contribution in [0.15, 0.2) is 24.3 Å². The summed E-state index contributed by atoms with van der Waals surface area (Å²) in [6.45, 7) is 0.887. The van der Waals surface area contributed by atoms with Gasteiger partial charge in [-0.25, -0.2) is 0 Å². The fraction of sp³-hybridized carbons (Fsp3) is 0.417. The van der Waals surface area contributed by atoms with Crippen molar-refractivity contribution in [2.45, 2.75) is 12.5 Å². The van der Waals surface area contributed by atoms with Crippen molar-refractivity contribution in [2.75, 3.05) is 20.2 Å². The fourth-order valence-corrected chi connectivity index (χ4v) is 1.83. The summed E-state index contributed by atoms with van der Waals surface area (Å²) in [6, 6.07) is 7.07. The first kappa shape index (κ1) is 11.0. The Bertz CT molecular complexity index is 392. The number of phenols is 1. The normalized spacial score (nSPS) is 21.9. The molecule has 1 unspecified atom stereocenters. The van der Waals surface area contributed by atoms with Crippen molar-refractivity contribution in [1.82, 2.24) is 4.90 Å². The van der Waals surface area contributed by atoms with Crippen molar-refractivity contribution in [3.8, 4) is 5.75 Å². The molecule has 0 bridgehead atoms. The third-order valence-corrected chi connectivity index (χ3v) is 2.78. The summed E-state index contributed by atoms with van der Waals surface area (Å²) in [5.41, 5.74) is 0.740. The van der Waals surface area contributed by atoms with Crippen molar-refractivity contribution in [3.05, 3.63) is 29.8 Å². The zero-order valence-corrected chi connectivity index (χ0v) is 9.22. The van der Waals surface area contributed by atoms with Crippen LogP contribution in [0.4, 0.5) is 0 Å². The number of aromatic hydroxyl groups is 1. The van der Waals surface area contributed by atoms with E-state index in [2.05, 4.69) is 0 Å². The predicted molar refractivity (Wildman–Crippen MR) is 59.1 cm³/mol. The van der Waals surface area contributed by atoms with Crippen LogP contribution in [-0.4, -0.2) is 36.1 Å². The van der Waals surface area contributed by atoms with Crippen LogP contribution in [0, 0.1) is 0 Å². The van der Waals surface area contributed by atoms with Crippen LogP contribution in [0.2, 0.25) is 0 Å². The molecule has 1 fully saturated rings. The van der Waals surface area contributed by atoms with Gasteiger partial charge in [0.2, 0.25) is 5.91 Å². The molecule has 0 aliphatic carbocycles. The van der Waals surface area contributed by atoms with Gasteiger partial charge in [0, 0.05) is 12.6 Å². The van der Waals surface area contributed by atoms with E-state index in [9.17, 15) is 9.90 Å². The van der Waals surface area contributed by atoms with Crippen molar-refractivity contribution < 1.29 is 14.6 Å². The molecule has 1 heterocycles. The minimum atomic E-state index is -0.238. The lowest BCUT2D eigenvalue weighted by atomic mass is 10.1. The standard InChI is InChI=1S/C12H15NO3/c1-13-8-11(16-7-6-12(13)15)9-4-2-3-5-10(9)14/h2-5,11,14H,6-8H2,1H3. The number of para-hydroxylation sites is 1. The molecule has 0 aromatic heterocycles. The van der Waals surface area contributed by atoms with E-state index in [1.54, 1.807) is 24.1 Å². The van der Waals surface area contributed by atoms with Gasteiger partial charge < -0.3 is 14.7 Å². The first-order valence-corrected chi connectivity index (χ1v) is 5.32. The molecule has 1 N–H and O–H groups in total. The summed E-state index contributed by atoms with van der Waals surface area (Å²) in [5.74, 6) is 0.299. The zero-order valence-electron chi connectivity index (χ0n) is 9.22. The smallest absolute Gasteiger partial charge is 0.224 e. The van der Waals surface area contributed by atoms with Gasteiger partial charge >= 0.3 is 0 Å². The third-order valence-electron chi connectivity index (χ3n) is 2.78. The number of hydrogen-bond donors (Lipinski definition) is 1. The van der Waals surface area contributed by atoms with E-state index in [-0.39, 0.29) is 17.8 Å². The monoisotopic (exact) mass is 221 g/mol. The number of phenolic OH excluding ortho intramolecular Hbond substituents is 1. The Labute approximate surface area is 94.4 Å². The highest BCUT2D eigenvalue weighted by molar-refractivity contribution is 5.76. The second-order valence-electron chi connectivity index (χ2n) is 3.94. The number of amides is 1. The average molecular weight is 221 g/mol. The molecule has 4 heteroatoms. The van der Waals surface area contributed by atoms with Gasteiger partial charge in [0.1, 0.15) is 11.9 Å². The van der Waals surface area contributed by atoms with Crippen LogP contribution in [0.1, 0.15) is 18.1 Å². The number of carbonyl (C=O) groups excluding carboxylic acids is 1. The number of hydrogen-bond acceptors (Lipinski definition) is 3. The molecule has 86 valence electrons. The molecule has 0 spiro atoms. The molecule has 2 rings (SSSR count). The minimum absolute atomic E-state index is 0.0814. The van der Waals surface area contributed by atoms with Crippen molar-refractivity contribution in [3.63, 3.8) is 0 Å². The molecular formula is C12H15NO3. The van der Waals surface area contributed by atoms with Crippen LogP contribution in [-0.2, 0) is 9.53 Å². The Kier molecular flexibility index (Phi) is 3.10. The summed E-state index contributed by atoms with van der Waals surface area (Å²) < 4.78 is 5.59. The first-order chi connectivity index (χ1) is 7.68. The Morgan fingerprint density at radius 1 is 1.44 bits per heavy atom. The molecule has 1 aliphatic heterocycles. The van der Waals surface area contributed by atoms with E-state index in [0.29, 0.717) is 19.6 Å². The number of rotatable bonds is 1. The van der Waals surface area contributed by atoms with E-state index in [0.717, 1.165) is 5.56 Å². The molecule has 1 aromatic carbocycles. The summed E-state index contributed by atoms with van der Waals surface area (Å²) >= 11 is 0. The number of benzene rings is 1. The van der Waals surface area contributed by atoms with E-state index < -0.39 is 0 Å². The van der Waals surface area contributed by atoms with Gasteiger partial charge in [0.25, 0.3) is 0 Å². The molecule has 4 nitrogen and oxygen atoms in total. The van der Waals surface area contributed by atoms with Gasteiger partial charge in [0.15, 0.2) is 0 Å². The molecule has 1 atom stereocenters. The average Bonchev–Trinajstić information content (AvgIpc) is 2.43. The minimum Gasteiger partial charge on any atom is -0.508 e. The highest BCUT2D eigenvalue weighted by Crippen LogP contribution is 2.28. The topological polar surface area (TPSA) is 49.8 Å². The molecule has 1 amide bonds. The maximum absolute atomic E-state index is 11.5. The number of carbonyl (C=O) groups is 1. The van der Waals surface area contributed by atoms with Gasteiger partial charge in [0.05, 0.1) is 19.6 Å². The Morgan fingerprint density at radius 3 is 2.94 bits per heavy atom. The highest BCUT2D eigenvalue weighted by Gasteiger charge is 2.23. The summed E-state index contributed by atoms with van der Waals surface area (Å²) in [7, 11) is 1.75. The van der Waals surface area contributed by atoms with Crippen LogP contribution < -0.4 is 0 Å². The Hall–Kier alpha value is -1.55. The quantitative estimate of drug-likeness (QED) is 0.778. The maximum atomic E-state index is 11.5. The second-order valence-corrected chi connectivity index (χ2v) is 3.94. The number of nitrogens with zero attached hydrogens (tertiary/aromatic N) is 1. The van der Waals surface area contributed by atoms with Gasteiger partial charge in [-0.1, -0.05) is 18.2 Å². The molecule has 1 aliphatic rings. The predicted octanol–water partition coefficient (Wildman–Crippen LogP) is 1.31. The highest BCUT2D eigenvalue weighted by atomic mass is 16.5. The van der Waals surface area contributed by atoms with Crippen molar-refractivity contribution in [2.24, 2.45) is 0 Å². The van der Waals surface area contributed by atoms with Crippen molar-refractivity contribution >= 4 is 5.91 Å². The molecule has 1 saturated heterocycles. The first-order valence-electron chi connectivity index (χ1n) is 5.32. The maximum Gasteiger partial charge on any atom is 0.224 e. The van der Waals surface area contributed by atoms with E-state index in [1.807, 2.05) is 12.1 Å². The lowest BCUT2D eigenvalue weighted by Crippen LogP contribution is -2.28. The lowest BCUT2D eigenvalue weighted by molar-refractivity contribution is -0.129. The molecular weight excluding hydrogens is 206 g/mol. The summed E-state index contributed by atoms with van der Waals surface area (Å²) in [4.78, 5) is 13.1. The third kappa shape index (κ3) is 2.17. The molecule has 0 radical (unpaired) electrons. The number of likely N-dealkylation sites (N-methyl/N-ethyl adjacent to an activating group) is 1. The van der Waals surface area contributed by atoms with Gasteiger partial charge in [-0.15, -0.1) is 0 Å². The fourth-order valence-electron chi connectivity index (χ4n) is 1.83. The van der Waals surface area contributed by atoms with E-state index in [1.165, 1.54) is 0 Å². The zero-order chi connectivity index (χ0) is 11.5. The van der Waals surface area contributed by atoms with Gasteiger partial charge in [-0.3, -0.25) is 4.79 Å². The summed E-state index contributed by atoms with van der Waals surface area (Å²) in [5, 5.41) is 9.72. The second kappa shape index (κ2) is 4.53. The van der Waals surface area contributed by atoms with Crippen LogP contribution in [0.5, 0.6) is 5.75 Å². The molecule has 16 heavy (non-hydrogen) atoms. The van der Waals surface area contributed by atoms with Gasteiger partial charge in [-0.05, 0) is 6.07 Å². The van der Waals surface area contributed by atoms with E-state index in [4.69, 9.17) is 4.74 Å². The van der Waals surface area contributed by atoms with Crippen molar-refractivity contribution in [1.29, 1.82) is 0 Å².